The molecule has 2 atom stereocenters. The van der Waals surface area contributed by atoms with E-state index in [1.165, 1.54) is 12.8 Å². The number of nitrogens with one attached hydrogen (secondary N) is 1. The zero-order valence-electron chi connectivity index (χ0n) is 10.8. The molecule has 2 unspecified atom stereocenters. The van der Waals surface area contributed by atoms with Crippen molar-refractivity contribution >= 4 is 0 Å². The molecule has 0 aromatic heterocycles. The van der Waals surface area contributed by atoms with Crippen molar-refractivity contribution in [2.45, 2.75) is 59.0 Å². The van der Waals surface area contributed by atoms with Gasteiger partial charge in [0.15, 0.2) is 0 Å². The Hall–Kier alpha value is -0.0800. The zero-order chi connectivity index (χ0) is 11.5. The van der Waals surface area contributed by atoms with Crippen LogP contribution < -0.4 is 5.32 Å². The Morgan fingerprint density at radius 1 is 1.40 bits per heavy atom. The smallest absolute Gasteiger partial charge is 0.0774 e. The molecule has 1 aliphatic carbocycles. The molecule has 2 N–H and O–H groups in total. The van der Waals surface area contributed by atoms with Crippen molar-refractivity contribution < 1.29 is 5.11 Å². The van der Waals surface area contributed by atoms with Gasteiger partial charge in [-0.1, -0.05) is 40.5 Å². The van der Waals surface area contributed by atoms with E-state index >= 15 is 0 Å². The first kappa shape index (κ1) is 13.0. The Bertz CT molecular complexity index is 197. The van der Waals surface area contributed by atoms with E-state index in [9.17, 15) is 5.11 Å². The molecule has 2 nitrogen and oxygen atoms in total. The Morgan fingerprint density at radius 3 is 2.60 bits per heavy atom. The molecular formula is C13H27NO. The fourth-order valence-electron chi connectivity index (χ4n) is 2.46. The minimum absolute atomic E-state index is 0.302. The molecule has 0 amide bonds. The van der Waals surface area contributed by atoms with Crippen molar-refractivity contribution in [1.29, 1.82) is 0 Å². The van der Waals surface area contributed by atoms with Gasteiger partial charge >= 0.3 is 0 Å². The van der Waals surface area contributed by atoms with Gasteiger partial charge in [0.2, 0.25) is 0 Å². The molecule has 0 spiro atoms. The maximum Gasteiger partial charge on any atom is 0.0774 e. The molecular weight excluding hydrogens is 186 g/mol. The molecule has 1 rings (SSSR count). The average molecular weight is 213 g/mol. The van der Waals surface area contributed by atoms with Gasteiger partial charge in [-0.25, -0.2) is 0 Å². The van der Waals surface area contributed by atoms with Gasteiger partial charge in [-0.3, -0.25) is 0 Å². The molecule has 90 valence electrons. The molecule has 0 aromatic carbocycles. The SMILES string of the molecule is CC1CCCC(O)(CNCC(C)(C)C)C1. The van der Waals surface area contributed by atoms with E-state index in [0.29, 0.717) is 11.3 Å². The zero-order valence-corrected chi connectivity index (χ0v) is 10.8. The minimum Gasteiger partial charge on any atom is -0.389 e. The van der Waals surface area contributed by atoms with Crippen LogP contribution in [0.25, 0.3) is 0 Å². The van der Waals surface area contributed by atoms with Gasteiger partial charge in [-0.15, -0.1) is 0 Å². The van der Waals surface area contributed by atoms with E-state index < -0.39 is 5.60 Å². The van der Waals surface area contributed by atoms with Gasteiger partial charge in [0.05, 0.1) is 5.60 Å². The Labute approximate surface area is 94.5 Å². The summed E-state index contributed by atoms with van der Waals surface area (Å²) in [7, 11) is 0. The van der Waals surface area contributed by atoms with Crippen LogP contribution in [0, 0.1) is 11.3 Å². The highest BCUT2D eigenvalue weighted by Gasteiger charge is 2.32. The van der Waals surface area contributed by atoms with Crippen molar-refractivity contribution in [2.75, 3.05) is 13.1 Å². The highest BCUT2D eigenvalue weighted by atomic mass is 16.3. The van der Waals surface area contributed by atoms with E-state index in [2.05, 4.69) is 33.0 Å². The summed E-state index contributed by atoms with van der Waals surface area (Å²) in [6.07, 6.45) is 4.38. The van der Waals surface area contributed by atoms with Gasteiger partial charge in [0.25, 0.3) is 0 Å². The van der Waals surface area contributed by atoms with Gasteiger partial charge in [0.1, 0.15) is 0 Å². The summed E-state index contributed by atoms with van der Waals surface area (Å²) in [6.45, 7) is 10.6. The van der Waals surface area contributed by atoms with Crippen LogP contribution in [0.1, 0.15) is 53.4 Å². The van der Waals surface area contributed by atoms with Crippen molar-refractivity contribution in [1.82, 2.24) is 5.32 Å². The molecule has 1 aliphatic rings. The number of aliphatic hydroxyl groups is 1. The number of rotatable bonds is 3. The summed E-state index contributed by atoms with van der Waals surface area (Å²) in [5, 5.41) is 13.8. The maximum atomic E-state index is 10.4. The van der Waals surface area contributed by atoms with E-state index in [-0.39, 0.29) is 0 Å². The second kappa shape index (κ2) is 4.84. The predicted molar refractivity (Wildman–Crippen MR) is 64.9 cm³/mol. The largest absolute Gasteiger partial charge is 0.389 e. The summed E-state index contributed by atoms with van der Waals surface area (Å²) in [5.41, 5.74) is -0.139. The highest BCUT2D eigenvalue weighted by Crippen LogP contribution is 2.31. The average Bonchev–Trinajstić information content (AvgIpc) is 1.99. The van der Waals surface area contributed by atoms with Gasteiger partial charge in [0, 0.05) is 13.1 Å². The molecule has 1 saturated carbocycles. The molecule has 0 radical (unpaired) electrons. The summed E-state index contributed by atoms with van der Waals surface area (Å²) in [6, 6.07) is 0. The first-order chi connectivity index (χ1) is 6.81. The van der Waals surface area contributed by atoms with Crippen LogP contribution in [0.4, 0.5) is 0 Å². The molecule has 0 heterocycles. The van der Waals surface area contributed by atoms with Crippen molar-refractivity contribution in [2.24, 2.45) is 11.3 Å². The van der Waals surface area contributed by atoms with Crippen molar-refractivity contribution in [3.8, 4) is 0 Å². The summed E-state index contributed by atoms with van der Waals surface area (Å²) in [4.78, 5) is 0. The first-order valence-corrected chi connectivity index (χ1v) is 6.24. The quantitative estimate of drug-likeness (QED) is 0.755. The lowest BCUT2D eigenvalue weighted by Crippen LogP contribution is -2.45. The van der Waals surface area contributed by atoms with E-state index in [1.54, 1.807) is 0 Å². The van der Waals surface area contributed by atoms with Crippen LogP contribution in [0.2, 0.25) is 0 Å². The molecule has 15 heavy (non-hydrogen) atoms. The molecule has 0 bridgehead atoms. The van der Waals surface area contributed by atoms with Crippen LogP contribution in [0.3, 0.4) is 0 Å². The Morgan fingerprint density at radius 2 is 2.07 bits per heavy atom. The predicted octanol–water partition coefficient (Wildman–Crippen LogP) is 2.56. The fraction of sp³-hybridized carbons (Fsp3) is 1.00. The first-order valence-electron chi connectivity index (χ1n) is 6.24. The van der Waals surface area contributed by atoms with Crippen molar-refractivity contribution in [3.05, 3.63) is 0 Å². The van der Waals surface area contributed by atoms with Crippen LogP contribution in [0.5, 0.6) is 0 Å². The molecule has 1 fully saturated rings. The topological polar surface area (TPSA) is 32.3 Å². The third-order valence-corrected chi connectivity index (χ3v) is 3.18. The lowest BCUT2D eigenvalue weighted by molar-refractivity contribution is -0.0128. The molecule has 0 saturated heterocycles. The maximum absolute atomic E-state index is 10.4. The lowest BCUT2D eigenvalue weighted by atomic mass is 9.79. The minimum atomic E-state index is -0.442. The van der Waals surface area contributed by atoms with Crippen LogP contribution in [0.15, 0.2) is 0 Å². The van der Waals surface area contributed by atoms with Crippen LogP contribution in [-0.4, -0.2) is 23.8 Å². The molecule has 2 heteroatoms. The van der Waals surface area contributed by atoms with Crippen LogP contribution >= 0.6 is 0 Å². The Kier molecular flexibility index (Phi) is 4.19. The van der Waals surface area contributed by atoms with E-state index in [4.69, 9.17) is 0 Å². The third kappa shape index (κ3) is 4.98. The fourth-order valence-corrected chi connectivity index (χ4v) is 2.46. The summed E-state index contributed by atoms with van der Waals surface area (Å²) < 4.78 is 0. The van der Waals surface area contributed by atoms with Gasteiger partial charge in [-0.05, 0) is 24.2 Å². The monoisotopic (exact) mass is 213 g/mol. The number of hydrogen-bond donors (Lipinski definition) is 2. The summed E-state index contributed by atoms with van der Waals surface area (Å²) in [5.74, 6) is 0.681. The van der Waals surface area contributed by atoms with Gasteiger partial charge in [-0.2, -0.15) is 0 Å². The van der Waals surface area contributed by atoms with E-state index in [0.717, 1.165) is 25.9 Å². The highest BCUT2D eigenvalue weighted by molar-refractivity contribution is 4.87. The standard InChI is InChI=1S/C13H27NO/c1-11-6-5-7-13(15,8-11)10-14-9-12(2,3)4/h11,14-15H,5-10H2,1-4H3. The van der Waals surface area contributed by atoms with Crippen molar-refractivity contribution in [3.63, 3.8) is 0 Å². The van der Waals surface area contributed by atoms with E-state index in [1.807, 2.05) is 0 Å². The normalized spacial score (nSPS) is 33.0. The number of hydrogen-bond acceptors (Lipinski definition) is 2. The second-order valence-electron chi connectivity index (χ2n) is 6.59. The van der Waals surface area contributed by atoms with Crippen LogP contribution in [-0.2, 0) is 0 Å². The summed E-state index contributed by atoms with van der Waals surface area (Å²) >= 11 is 0. The molecule has 0 aliphatic heterocycles. The third-order valence-electron chi connectivity index (χ3n) is 3.18. The Balaban J connectivity index is 2.30. The lowest BCUT2D eigenvalue weighted by Gasteiger charge is -2.36. The molecule has 0 aromatic rings. The van der Waals surface area contributed by atoms with Gasteiger partial charge < -0.3 is 10.4 Å². The second-order valence-corrected chi connectivity index (χ2v) is 6.59.